The lowest BCUT2D eigenvalue weighted by Crippen LogP contribution is -2.16. The van der Waals surface area contributed by atoms with Crippen LogP contribution in [0.25, 0.3) is 0 Å². The number of hydrogen-bond donors (Lipinski definition) is 0. The van der Waals surface area contributed by atoms with Gasteiger partial charge in [-0.15, -0.1) is 0 Å². The summed E-state index contributed by atoms with van der Waals surface area (Å²) in [5, 5.41) is -0.0522. The Hall–Kier alpha value is -2.24. The van der Waals surface area contributed by atoms with E-state index in [1.54, 1.807) is 43.3 Å². The highest BCUT2D eigenvalue weighted by molar-refractivity contribution is 7.90. The molecule has 0 aromatic heterocycles. The van der Waals surface area contributed by atoms with Crippen LogP contribution in [0.3, 0.4) is 0 Å². The summed E-state index contributed by atoms with van der Waals surface area (Å²) in [7, 11) is -3.92. The normalized spacial score (nSPS) is 16.0. The third-order valence-electron chi connectivity index (χ3n) is 3.77. The van der Waals surface area contributed by atoms with Gasteiger partial charge in [0.05, 0.1) is 15.6 Å². The second-order valence-electron chi connectivity index (χ2n) is 5.59. The highest BCUT2D eigenvalue weighted by atomic mass is 35.5. The summed E-state index contributed by atoms with van der Waals surface area (Å²) < 4.78 is 29.4. The number of fused-ring (bicyclic) bond motifs is 1. The molecule has 24 heavy (non-hydrogen) atoms. The summed E-state index contributed by atoms with van der Waals surface area (Å²) >= 11 is 5.96. The van der Waals surface area contributed by atoms with Crippen LogP contribution in [0.4, 0.5) is 0 Å². The molecular formula is C18H14ClNO3S. The first-order chi connectivity index (χ1) is 11.3. The molecule has 122 valence electrons. The molecule has 0 N–H and O–H groups in total. The number of nitrogens with zero attached hydrogens (tertiary/aromatic N) is 1. The first-order valence-corrected chi connectivity index (χ1v) is 9.05. The Morgan fingerprint density at radius 2 is 1.67 bits per heavy atom. The van der Waals surface area contributed by atoms with Crippen molar-refractivity contribution in [3.05, 3.63) is 75.8 Å². The average molecular weight is 360 g/mol. The van der Waals surface area contributed by atoms with E-state index >= 15 is 0 Å². The molecule has 0 bridgehead atoms. The maximum Gasteiger partial charge on any atom is 0.283 e. The van der Waals surface area contributed by atoms with Crippen molar-refractivity contribution in [1.82, 2.24) is 0 Å². The van der Waals surface area contributed by atoms with Crippen LogP contribution in [0, 0.1) is 13.8 Å². The number of rotatable bonds is 2. The van der Waals surface area contributed by atoms with Gasteiger partial charge in [-0.25, -0.2) is 0 Å². The standard InChI is InChI=1S/C18H14ClNO3S/c1-11-7-8-12(2)17(9-11)24(22,23)20-16-10-15(19)18(21)14-6-4-3-5-13(14)16/h3-10H,1-2H3/b20-16+. The van der Waals surface area contributed by atoms with Crippen LogP contribution in [-0.4, -0.2) is 19.9 Å². The van der Waals surface area contributed by atoms with Crippen molar-refractivity contribution < 1.29 is 13.2 Å². The summed E-state index contributed by atoms with van der Waals surface area (Å²) in [5.41, 5.74) is 2.41. The second-order valence-corrected chi connectivity index (χ2v) is 7.57. The largest absolute Gasteiger partial charge is 0.288 e. The van der Waals surface area contributed by atoms with Gasteiger partial charge in [0.2, 0.25) is 5.78 Å². The fourth-order valence-corrected chi connectivity index (χ4v) is 4.06. The van der Waals surface area contributed by atoms with Crippen molar-refractivity contribution >= 4 is 33.1 Å². The molecule has 0 radical (unpaired) electrons. The molecule has 2 aromatic carbocycles. The molecule has 4 nitrogen and oxygen atoms in total. The van der Waals surface area contributed by atoms with Crippen LogP contribution >= 0.6 is 11.6 Å². The number of ketones is 1. The minimum absolute atomic E-state index is 0.0522. The highest BCUT2D eigenvalue weighted by Crippen LogP contribution is 2.26. The molecule has 0 aliphatic heterocycles. The lowest BCUT2D eigenvalue weighted by molar-refractivity contribution is 0.104. The molecule has 1 aliphatic carbocycles. The number of benzene rings is 2. The van der Waals surface area contributed by atoms with Gasteiger partial charge in [0, 0.05) is 11.1 Å². The van der Waals surface area contributed by atoms with E-state index in [9.17, 15) is 13.2 Å². The fourth-order valence-electron chi connectivity index (χ4n) is 2.54. The van der Waals surface area contributed by atoms with Gasteiger partial charge in [0.15, 0.2) is 0 Å². The van der Waals surface area contributed by atoms with E-state index in [2.05, 4.69) is 4.40 Å². The first kappa shape index (κ1) is 16.6. The molecule has 0 atom stereocenters. The molecule has 3 rings (SSSR count). The molecule has 0 spiro atoms. The second kappa shape index (κ2) is 6.00. The Morgan fingerprint density at radius 3 is 2.38 bits per heavy atom. The summed E-state index contributed by atoms with van der Waals surface area (Å²) in [6.07, 6.45) is 1.30. The van der Waals surface area contributed by atoms with E-state index in [-0.39, 0.29) is 21.4 Å². The molecule has 0 saturated heterocycles. The Labute approximate surface area is 145 Å². The highest BCUT2D eigenvalue weighted by Gasteiger charge is 2.25. The Morgan fingerprint density at radius 1 is 1.00 bits per heavy atom. The topological polar surface area (TPSA) is 63.6 Å². The number of carbonyl (C=O) groups is 1. The number of aryl methyl sites for hydroxylation is 2. The lowest BCUT2D eigenvalue weighted by Gasteiger charge is -2.14. The fraction of sp³-hybridized carbons (Fsp3) is 0.111. The van der Waals surface area contributed by atoms with Gasteiger partial charge < -0.3 is 0 Å². The Bertz CT molecular complexity index is 1020. The molecule has 1 aliphatic rings. The van der Waals surface area contributed by atoms with Crippen LogP contribution in [0.2, 0.25) is 0 Å². The summed E-state index contributed by atoms with van der Waals surface area (Å²) in [6.45, 7) is 3.53. The van der Waals surface area contributed by atoms with Crippen molar-refractivity contribution in [3.8, 4) is 0 Å². The van der Waals surface area contributed by atoms with E-state index in [0.717, 1.165) is 5.56 Å². The molecular weight excluding hydrogens is 346 g/mol. The van der Waals surface area contributed by atoms with Gasteiger partial charge in [0.1, 0.15) is 0 Å². The monoisotopic (exact) mass is 359 g/mol. The quantitative estimate of drug-likeness (QED) is 0.819. The summed E-state index contributed by atoms with van der Waals surface area (Å²) in [5.74, 6) is -0.338. The molecule has 0 fully saturated rings. The predicted octanol–water partition coefficient (Wildman–Crippen LogP) is 3.80. The Kier molecular flexibility index (Phi) is 4.15. The Balaban J connectivity index is 2.20. The maximum absolute atomic E-state index is 12.7. The SMILES string of the molecule is Cc1ccc(C)c(S(=O)(=O)/N=C2\C=C(Cl)C(=O)c3ccccc32)c1. The number of sulfonamides is 1. The van der Waals surface area contributed by atoms with Crippen molar-refractivity contribution in [1.29, 1.82) is 0 Å². The zero-order valence-corrected chi connectivity index (χ0v) is 14.6. The molecule has 2 aromatic rings. The molecule has 0 amide bonds. The predicted molar refractivity (Wildman–Crippen MR) is 94.3 cm³/mol. The van der Waals surface area contributed by atoms with Crippen LogP contribution in [0.5, 0.6) is 0 Å². The van der Waals surface area contributed by atoms with Gasteiger partial charge in [-0.1, -0.05) is 48.0 Å². The summed E-state index contributed by atoms with van der Waals surface area (Å²) in [6, 6.07) is 11.8. The van der Waals surface area contributed by atoms with Crippen molar-refractivity contribution in [3.63, 3.8) is 0 Å². The minimum Gasteiger partial charge on any atom is -0.288 e. The van der Waals surface area contributed by atoms with Crippen molar-refractivity contribution in [2.75, 3.05) is 0 Å². The van der Waals surface area contributed by atoms with Gasteiger partial charge in [-0.05, 0) is 37.1 Å². The lowest BCUT2D eigenvalue weighted by atomic mass is 9.94. The summed E-state index contributed by atoms with van der Waals surface area (Å²) in [4.78, 5) is 12.2. The van der Waals surface area contributed by atoms with Gasteiger partial charge in [-0.2, -0.15) is 12.8 Å². The van der Waals surface area contributed by atoms with E-state index in [0.29, 0.717) is 16.7 Å². The number of Topliss-reactive ketones (excluding diaryl/α,β-unsaturated/α-hetero) is 1. The van der Waals surface area contributed by atoms with Gasteiger partial charge in [0.25, 0.3) is 10.0 Å². The molecule has 0 saturated carbocycles. The molecule has 0 unspecified atom stereocenters. The van der Waals surface area contributed by atoms with Crippen LogP contribution in [-0.2, 0) is 10.0 Å². The third-order valence-corrected chi connectivity index (χ3v) is 5.48. The number of halogens is 1. The zero-order chi connectivity index (χ0) is 17.5. The smallest absolute Gasteiger partial charge is 0.283 e. The van der Waals surface area contributed by atoms with Crippen LogP contribution < -0.4 is 0 Å². The van der Waals surface area contributed by atoms with E-state index in [1.165, 1.54) is 6.08 Å². The molecule has 0 heterocycles. The van der Waals surface area contributed by atoms with Crippen molar-refractivity contribution in [2.24, 2.45) is 4.40 Å². The third kappa shape index (κ3) is 2.92. The molecule has 6 heteroatoms. The minimum atomic E-state index is -3.92. The van der Waals surface area contributed by atoms with Crippen molar-refractivity contribution in [2.45, 2.75) is 18.7 Å². The number of hydrogen-bond acceptors (Lipinski definition) is 3. The van der Waals surface area contributed by atoms with E-state index < -0.39 is 10.0 Å². The van der Waals surface area contributed by atoms with Crippen LogP contribution in [0.1, 0.15) is 27.0 Å². The maximum atomic E-state index is 12.7. The first-order valence-electron chi connectivity index (χ1n) is 7.23. The average Bonchev–Trinajstić information content (AvgIpc) is 2.54. The number of carbonyl (C=O) groups excluding carboxylic acids is 1. The van der Waals surface area contributed by atoms with Gasteiger partial charge >= 0.3 is 0 Å². The number of allylic oxidation sites excluding steroid dienone is 2. The van der Waals surface area contributed by atoms with E-state index in [1.807, 2.05) is 13.0 Å². The van der Waals surface area contributed by atoms with Crippen LogP contribution in [0.15, 0.2) is 62.9 Å². The van der Waals surface area contributed by atoms with E-state index in [4.69, 9.17) is 11.6 Å². The van der Waals surface area contributed by atoms with Gasteiger partial charge in [-0.3, -0.25) is 4.79 Å². The zero-order valence-electron chi connectivity index (χ0n) is 13.1.